The largest absolute Gasteiger partial charge is 0.489 e. The quantitative estimate of drug-likeness (QED) is 0.857. The van der Waals surface area contributed by atoms with Gasteiger partial charge in [-0.3, -0.25) is 0 Å². The Morgan fingerprint density at radius 1 is 1.38 bits per heavy atom. The number of halogens is 2. The molecule has 88 valence electrons. The number of nitrogens with one attached hydrogen (secondary N) is 1. The van der Waals surface area contributed by atoms with Crippen molar-refractivity contribution in [1.82, 2.24) is 5.32 Å². The Morgan fingerprint density at radius 3 is 2.94 bits per heavy atom. The van der Waals surface area contributed by atoms with Gasteiger partial charge in [0.25, 0.3) is 6.43 Å². The van der Waals surface area contributed by atoms with Crippen LogP contribution in [0.5, 0.6) is 5.75 Å². The molecule has 1 fully saturated rings. The first-order chi connectivity index (χ1) is 7.75. The summed E-state index contributed by atoms with van der Waals surface area (Å²) >= 11 is 0. The minimum absolute atomic E-state index is 0.0151. The lowest BCUT2D eigenvalue weighted by Crippen LogP contribution is -2.37. The number of ether oxygens (including phenoxy) is 1. The van der Waals surface area contributed by atoms with Gasteiger partial charge in [0.15, 0.2) is 0 Å². The van der Waals surface area contributed by atoms with Gasteiger partial charge in [0, 0.05) is 12.1 Å². The van der Waals surface area contributed by atoms with Gasteiger partial charge in [-0.05, 0) is 31.5 Å². The van der Waals surface area contributed by atoms with E-state index in [-0.39, 0.29) is 11.7 Å². The fourth-order valence-corrected chi connectivity index (χ4v) is 1.84. The SMILES string of the molecule is FC(F)c1cccc(OC2CCCNC2)c1. The van der Waals surface area contributed by atoms with Crippen molar-refractivity contribution in [3.8, 4) is 5.75 Å². The zero-order valence-corrected chi connectivity index (χ0v) is 8.96. The van der Waals surface area contributed by atoms with Crippen molar-refractivity contribution in [3.63, 3.8) is 0 Å². The van der Waals surface area contributed by atoms with E-state index in [0.29, 0.717) is 5.75 Å². The Morgan fingerprint density at radius 2 is 2.25 bits per heavy atom. The van der Waals surface area contributed by atoms with Gasteiger partial charge in [-0.25, -0.2) is 8.78 Å². The fraction of sp³-hybridized carbons (Fsp3) is 0.500. The molecule has 16 heavy (non-hydrogen) atoms. The number of benzene rings is 1. The highest BCUT2D eigenvalue weighted by Crippen LogP contribution is 2.24. The summed E-state index contributed by atoms with van der Waals surface area (Å²) in [4.78, 5) is 0. The summed E-state index contributed by atoms with van der Waals surface area (Å²) in [7, 11) is 0. The predicted molar refractivity (Wildman–Crippen MR) is 57.9 cm³/mol. The van der Waals surface area contributed by atoms with Gasteiger partial charge in [-0.1, -0.05) is 12.1 Å². The van der Waals surface area contributed by atoms with Crippen molar-refractivity contribution in [2.45, 2.75) is 25.4 Å². The lowest BCUT2D eigenvalue weighted by Gasteiger charge is -2.24. The van der Waals surface area contributed by atoms with Gasteiger partial charge in [-0.15, -0.1) is 0 Å². The smallest absolute Gasteiger partial charge is 0.263 e. The number of hydrogen-bond donors (Lipinski definition) is 1. The molecule has 1 heterocycles. The van der Waals surface area contributed by atoms with E-state index in [0.717, 1.165) is 25.9 Å². The highest BCUT2D eigenvalue weighted by atomic mass is 19.3. The first-order valence-corrected chi connectivity index (χ1v) is 5.51. The van der Waals surface area contributed by atoms with Crippen LogP contribution in [0.15, 0.2) is 24.3 Å². The van der Waals surface area contributed by atoms with Crippen LogP contribution in [0.4, 0.5) is 8.78 Å². The molecule has 2 rings (SSSR count). The highest BCUT2D eigenvalue weighted by Gasteiger charge is 2.15. The van der Waals surface area contributed by atoms with Gasteiger partial charge < -0.3 is 10.1 Å². The average molecular weight is 227 g/mol. The summed E-state index contributed by atoms with van der Waals surface area (Å²) in [5, 5.41) is 3.22. The first kappa shape index (κ1) is 11.3. The summed E-state index contributed by atoms with van der Waals surface area (Å²) < 4.78 is 30.6. The second kappa shape index (κ2) is 5.25. The molecule has 2 nitrogen and oxygen atoms in total. The minimum Gasteiger partial charge on any atom is -0.489 e. The van der Waals surface area contributed by atoms with Crippen LogP contribution in [0.1, 0.15) is 24.8 Å². The molecule has 1 unspecified atom stereocenters. The van der Waals surface area contributed by atoms with Crippen LogP contribution >= 0.6 is 0 Å². The molecule has 1 aliphatic heterocycles. The van der Waals surface area contributed by atoms with Crippen molar-refractivity contribution in [2.24, 2.45) is 0 Å². The molecule has 4 heteroatoms. The molecule has 0 aliphatic carbocycles. The number of hydrogen-bond acceptors (Lipinski definition) is 2. The van der Waals surface area contributed by atoms with Gasteiger partial charge in [0.05, 0.1) is 0 Å². The van der Waals surface area contributed by atoms with E-state index in [9.17, 15) is 8.78 Å². The second-order valence-corrected chi connectivity index (χ2v) is 3.96. The Hall–Kier alpha value is -1.16. The van der Waals surface area contributed by atoms with Crippen LogP contribution in [0.2, 0.25) is 0 Å². The van der Waals surface area contributed by atoms with Crippen LogP contribution in [0, 0.1) is 0 Å². The van der Waals surface area contributed by atoms with Crippen LogP contribution in [0.25, 0.3) is 0 Å². The number of alkyl halides is 2. The molecule has 1 aromatic rings. The topological polar surface area (TPSA) is 21.3 Å². The fourth-order valence-electron chi connectivity index (χ4n) is 1.84. The maximum atomic E-state index is 12.5. The summed E-state index contributed by atoms with van der Waals surface area (Å²) in [5.41, 5.74) is 0.0151. The van der Waals surface area contributed by atoms with E-state index in [1.165, 1.54) is 12.1 Å². The average Bonchev–Trinajstić information content (AvgIpc) is 2.30. The molecule has 1 atom stereocenters. The molecule has 1 saturated heterocycles. The maximum Gasteiger partial charge on any atom is 0.263 e. The van der Waals surface area contributed by atoms with Crippen molar-refractivity contribution >= 4 is 0 Å². The molecule has 1 aliphatic rings. The molecular formula is C12H15F2NO. The lowest BCUT2D eigenvalue weighted by molar-refractivity contribution is 0.147. The van der Waals surface area contributed by atoms with Crippen LogP contribution in [-0.2, 0) is 0 Å². The summed E-state index contributed by atoms with van der Waals surface area (Å²) in [6, 6.07) is 6.16. The molecule has 1 N–H and O–H groups in total. The molecule has 0 saturated carbocycles. The first-order valence-electron chi connectivity index (χ1n) is 5.51. The van der Waals surface area contributed by atoms with Gasteiger partial charge in [0.1, 0.15) is 11.9 Å². The maximum absolute atomic E-state index is 12.5. The summed E-state index contributed by atoms with van der Waals surface area (Å²) in [6.45, 7) is 1.80. The molecule has 0 aromatic heterocycles. The van der Waals surface area contributed by atoms with Gasteiger partial charge in [-0.2, -0.15) is 0 Å². The van der Waals surface area contributed by atoms with E-state index in [4.69, 9.17) is 4.74 Å². The monoisotopic (exact) mass is 227 g/mol. The van der Waals surface area contributed by atoms with Gasteiger partial charge in [0.2, 0.25) is 0 Å². The highest BCUT2D eigenvalue weighted by molar-refractivity contribution is 5.29. The van der Waals surface area contributed by atoms with Crippen molar-refractivity contribution in [2.75, 3.05) is 13.1 Å². The van der Waals surface area contributed by atoms with E-state index < -0.39 is 6.43 Å². The normalized spacial score (nSPS) is 21.1. The molecular weight excluding hydrogens is 212 g/mol. The molecule has 1 aromatic carbocycles. The Bertz CT molecular complexity index is 338. The van der Waals surface area contributed by atoms with Crippen LogP contribution in [-0.4, -0.2) is 19.2 Å². The third-order valence-electron chi connectivity index (χ3n) is 2.66. The van der Waals surface area contributed by atoms with E-state index in [1.54, 1.807) is 12.1 Å². The van der Waals surface area contributed by atoms with Gasteiger partial charge >= 0.3 is 0 Å². The third-order valence-corrected chi connectivity index (χ3v) is 2.66. The standard InChI is InChI=1S/C12H15F2NO/c13-12(14)9-3-1-4-10(7-9)16-11-5-2-6-15-8-11/h1,3-4,7,11-12,15H,2,5-6,8H2. The zero-order chi connectivity index (χ0) is 11.4. The Kier molecular flexibility index (Phi) is 3.72. The third kappa shape index (κ3) is 2.92. The van der Waals surface area contributed by atoms with Crippen LogP contribution < -0.4 is 10.1 Å². The Balaban J connectivity index is 2.00. The lowest BCUT2D eigenvalue weighted by atomic mass is 10.1. The molecule has 0 bridgehead atoms. The number of piperidine rings is 1. The molecule has 0 amide bonds. The number of rotatable bonds is 3. The van der Waals surface area contributed by atoms with Crippen molar-refractivity contribution < 1.29 is 13.5 Å². The molecule has 0 spiro atoms. The van der Waals surface area contributed by atoms with E-state index >= 15 is 0 Å². The summed E-state index contributed by atoms with van der Waals surface area (Å²) in [5.74, 6) is 0.534. The Labute approximate surface area is 93.6 Å². The van der Waals surface area contributed by atoms with E-state index in [1.807, 2.05) is 0 Å². The molecule has 0 radical (unpaired) electrons. The van der Waals surface area contributed by atoms with E-state index in [2.05, 4.69) is 5.32 Å². The minimum atomic E-state index is -2.44. The second-order valence-electron chi connectivity index (χ2n) is 3.96. The zero-order valence-electron chi connectivity index (χ0n) is 8.96. The van der Waals surface area contributed by atoms with Crippen LogP contribution in [0.3, 0.4) is 0 Å². The summed E-state index contributed by atoms with van der Waals surface area (Å²) in [6.07, 6.45) is -0.292. The van der Waals surface area contributed by atoms with Crippen molar-refractivity contribution in [1.29, 1.82) is 0 Å². The van der Waals surface area contributed by atoms with Crippen molar-refractivity contribution in [3.05, 3.63) is 29.8 Å². The predicted octanol–water partition coefficient (Wildman–Crippen LogP) is 2.75.